The molecule has 0 aliphatic carbocycles. The van der Waals surface area contributed by atoms with Gasteiger partial charge in [0.05, 0.1) is 11.4 Å². The Kier molecular flexibility index (Phi) is 6.37. The summed E-state index contributed by atoms with van der Waals surface area (Å²) in [6.45, 7) is 6.45. The highest BCUT2D eigenvalue weighted by Crippen LogP contribution is 2.23. The number of sulfonamides is 1. The maximum absolute atomic E-state index is 12.6. The molecule has 7 heteroatoms. The first kappa shape index (κ1) is 18.1. The Bertz CT molecular complexity index is 613. The van der Waals surface area contributed by atoms with E-state index in [0.29, 0.717) is 23.1 Å². The molecule has 1 rings (SSSR count). The van der Waals surface area contributed by atoms with Gasteiger partial charge in [0.25, 0.3) is 0 Å². The Hall–Kier alpha value is -0.920. The monoisotopic (exact) mass is 376 g/mol. The van der Waals surface area contributed by atoms with Crippen LogP contribution < -0.4 is 0 Å². The molecule has 0 aromatic heterocycles. The summed E-state index contributed by atoms with van der Waals surface area (Å²) < 4.78 is 26.9. The maximum Gasteiger partial charge on any atom is 0.243 e. The van der Waals surface area contributed by atoms with E-state index in [9.17, 15) is 13.2 Å². The van der Waals surface area contributed by atoms with Gasteiger partial charge in [0.2, 0.25) is 15.9 Å². The predicted octanol–water partition coefficient (Wildman–Crippen LogP) is 2.25. The van der Waals surface area contributed by atoms with E-state index in [2.05, 4.69) is 15.9 Å². The second-order valence-corrected chi connectivity index (χ2v) is 7.67. The lowest BCUT2D eigenvalue weighted by atomic mass is 10.2. The summed E-state index contributed by atoms with van der Waals surface area (Å²) in [5, 5.41) is 0. The highest BCUT2D eigenvalue weighted by Gasteiger charge is 2.26. The lowest BCUT2D eigenvalue weighted by Crippen LogP contribution is -2.41. The van der Waals surface area contributed by atoms with E-state index >= 15 is 0 Å². The smallest absolute Gasteiger partial charge is 0.243 e. The standard InChI is InChI=1S/C14H21BrN2O3S/c1-5-17(6-2)14(18)10-16(4)21(19,20)13-9-12(15)8-7-11(13)3/h7-9H,5-6,10H2,1-4H3. The van der Waals surface area contributed by atoms with E-state index < -0.39 is 10.0 Å². The van der Waals surface area contributed by atoms with E-state index in [1.165, 1.54) is 7.05 Å². The molecule has 1 aromatic carbocycles. The molecule has 1 amide bonds. The van der Waals surface area contributed by atoms with E-state index in [0.717, 1.165) is 4.31 Å². The number of nitrogens with zero attached hydrogens (tertiary/aromatic N) is 2. The quantitative estimate of drug-likeness (QED) is 0.764. The molecule has 118 valence electrons. The van der Waals surface area contributed by atoms with Crippen molar-refractivity contribution in [2.75, 3.05) is 26.7 Å². The van der Waals surface area contributed by atoms with Crippen molar-refractivity contribution in [2.24, 2.45) is 0 Å². The summed E-state index contributed by atoms with van der Waals surface area (Å²) in [6.07, 6.45) is 0. The molecule has 0 atom stereocenters. The van der Waals surface area contributed by atoms with Crippen molar-refractivity contribution >= 4 is 31.9 Å². The SMILES string of the molecule is CCN(CC)C(=O)CN(C)S(=O)(=O)c1cc(Br)ccc1C. The fourth-order valence-electron chi connectivity index (χ4n) is 1.97. The minimum absolute atomic E-state index is 0.157. The average molecular weight is 377 g/mol. The highest BCUT2D eigenvalue weighted by atomic mass is 79.9. The number of benzene rings is 1. The molecule has 5 nitrogen and oxygen atoms in total. The van der Waals surface area contributed by atoms with Gasteiger partial charge in [-0.25, -0.2) is 8.42 Å². The molecular weight excluding hydrogens is 356 g/mol. The van der Waals surface area contributed by atoms with Gasteiger partial charge in [-0.1, -0.05) is 22.0 Å². The Morgan fingerprint density at radius 2 is 1.81 bits per heavy atom. The Labute approximate surface area is 135 Å². The van der Waals surface area contributed by atoms with Crippen LogP contribution in [0.15, 0.2) is 27.6 Å². The van der Waals surface area contributed by atoms with Crippen molar-refractivity contribution in [3.63, 3.8) is 0 Å². The van der Waals surface area contributed by atoms with Crippen LogP contribution in [-0.2, 0) is 14.8 Å². The first-order valence-corrected chi connectivity index (χ1v) is 8.97. The summed E-state index contributed by atoms with van der Waals surface area (Å²) in [5.74, 6) is -0.196. The van der Waals surface area contributed by atoms with Gasteiger partial charge in [-0.05, 0) is 38.5 Å². The zero-order valence-electron chi connectivity index (χ0n) is 12.8. The number of rotatable bonds is 6. The van der Waals surface area contributed by atoms with Crippen LogP contribution in [0.4, 0.5) is 0 Å². The summed E-state index contributed by atoms with van der Waals surface area (Å²) in [5.41, 5.74) is 0.653. The Morgan fingerprint density at radius 3 is 2.33 bits per heavy atom. The molecule has 0 N–H and O–H groups in total. The number of likely N-dealkylation sites (N-methyl/N-ethyl adjacent to an activating group) is 2. The minimum atomic E-state index is -3.68. The van der Waals surface area contributed by atoms with Crippen molar-refractivity contribution in [3.8, 4) is 0 Å². The van der Waals surface area contributed by atoms with Gasteiger partial charge in [-0.3, -0.25) is 4.79 Å². The van der Waals surface area contributed by atoms with Gasteiger partial charge in [0.15, 0.2) is 0 Å². The lowest BCUT2D eigenvalue weighted by Gasteiger charge is -2.23. The third-order valence-electron chi connectivity index (χ3n) is 3.31. The molecule has 0 bridgehead atoms. The Balaban J connectivity index is 3.02. The molecule has 0 saturated carbocycles. The van der Waals surface area contributed by atoms with Crippen LogP contribution in [0.3, 0.4) is 0 Å². The highest BCUT2D eigenvalue weighted by molar-refractivity contribution is 9.10. The van der Waals surface area contributed by atoms with E-state index in [-0.39, 0.29) is 17.3 Å². The fourth-order valence-corrected chi connectivity index (χ4v) is 3.85. The van der Waals surface area contributed by atoms with Gasteiger partial charge in [0, 0.05) is 24.6 Å². The van der Waals surface area contributed by atoms with Crippen LogP contribution in [-0.4, -0.2) is 50.2 Å². The number of amides is 1. The zero-order chi connectivity index (χ0) is 16.2. The van der Waals surface area contributed by atoms with Gasteiger partial charge in [-0.15, -0.1) is 0 Å². The second-order valence-electron chi connectivity index (χ2n) is 4.74. The average Bonchev–Trinajstić information content (AvgIpc) is 2.42. The van der Waals surface area contributed by atoms with Crippen molar-refractivity contribution < 1.29 is 13.2 Å². The zero-order valence-corrected chi connectivity index (χ0v) is 15.2. The molecule has 1 aromatic rings. The van der Waals surface area contributed by atoms with Crippen molar-refractivity contribution in [2.45, 2.75) is 25.7 Å². The van der Waals surface area contributed by atoms with Crippen molar-refractivity contribution in [1.82, 2.24) is 9.21 Å². The molecular formula is C14H21BrN2O3S. The van der Waals surface area contributed by atoms with Gasteiger partial charge >= 0.3 is 0 Å². The van der Waals surface area contributed by atoms with Gasteiger partial charge in [0.1, 0.15) is 0 Å². The maximum atomic E-state index is 12.6. The molecule has 0 aliphatic heterocycles. The lowest BCUT2D eigenvalue weighted by molar-refractivity contribution is -0.130. The normalized spacial score (nSPS) is 11.7. The summed E-state index contributed by atoms with van der Waals surface area (Å²) in [7, 11) is -2.25. The largest absolute Gasteiger partial charge is 0.342 e. The number of carbonyl (C=O) groups excluding carboxylic acids is 1. The molecule has 0 unspecified atom stereocenters. The topological polar surface area (TPSA) is 57.7 Å². The van der Waals surface area contributed by atoms with Crippen LogP contribution in [0.25, 0.3) is 0 Å². The Morgan fingerprint density at radius 1 is 1.24 bits per heavy atom. The summed E-state index contributed by atoms with van der Waals surface area (Å²) in [6, 6.07) is 5.08. The summed E-state index contributed by atoms with van der Waals surface area (Å²) >= 11 is 3.28. The molecule has 0 spiro atoms. The first-order valence-electron chi connectivity index (χ1n) is 6.74. The first-order chi connectivity index (χ1) is 9.73. The van der Waals surface area contributed by atoms with Crippen LogP contribution >= 0.6 is 15.9 Å². The minimum Gasteiger partial charge on any atom is -0.342 e. The summed E-state index contributed by atoms with van der Waals surface area (Å²) in [4.78, 5) is 13.9. The number of aryl methyl sites for hydroxylation is 1. The van der Waals surface area contributed by atoms with Crippen LogP contribution in [0.1, 0.15) is 19.4 Å². The van der Waals surface area contributed by atoms with Crippen LogP contribution in [0.5, 0.6) is 0 Å². The van der Waals surface area contributed by atoms with Crippen molar-refractivity contribution in [3.05, 3.63) is 28.2 Å². The van der Waals surface area contributed by atoms with Crippen LogP contribution in [0.2, 0.25) is 0 Å². The predicted molar refractivity (Wildman–Crippen MR) is 86.6 cm³/mol. The van der Waals surface area contributed by atoms with E-state index in [1.807, 2.05) is 13.8 Å². The second kappa shape index (κ2) is 7.38. The van der Waals surface area contributed by atoms with Crippen LogP contribution in [0, 0.1) is 6.92 Å². The van der Waals surface area contributed by atoms with Gasteiger partial charge in [-0.2, -0.15) is 4.31 Å². The number of hydrogen-bond donors (Lipinski definition) is 0. The van der Waals surface area contributed by atoms with Gasteiger partial charge < -0.3 is 4.90 Å². The molecule has 0 aliphatic rings. The fraction of sp³-hybridized carbons (Fsp3) is 0.500. The number of halogens is 1. The molecule has 0 heterocycles. The van der Waals surface area contributed by atoms with E-state index in [4.69, 9.17) is 0 Å². The third kappa shape index (κ3) is 4.28. The number of hydrogen-bond acceptors (Lipinski definition) is 3. The number of carbonyl (C=O) groups is 1. The third-order valence-corrected chi connectivity index (χ3v) is 5.75. The van der Waals surface area contributed by atoms with E-state index in [1.54, 1.807) is 30.0 Å². The molecule has 21 heavy (non-hydrogen) atoms. The molecule has 0 fully saturated rings. The van der Waals surface area contributed by atoms with Crippen molar-refractivity contribution in [1.29, 1.82) is 0 Å². The molecule has 0 saturated heterocycles. The molecule has 0 radical (unpaired) electrons.